The van der Waals surface area contributed by atoms with E-state index in [0.717, 1.165) is 76.4 Å². The number of aryl methyl sites for hydroxylation is 4. The Hall–Kier alpha value is -3.82. The molecule has 5 aromatic rings. The average Bonchev–Trinajstić information content (AvgIpc) is 3.56. The van der Waals surface area contributed by atoms with E-state index in [9.17, 15) is 13.2 Å². The van der Waals surface area contributed by atoms with Crippen molar-refractivity contribution in [2.45, 2.75) is 70.6 Å². The van der Waals surface area contributed by atoms with Gasteiger partial charge in [0.25, 0.3) is 15.9 Å². The predicted molar refractivity (Wildman–Crippen MR) is 170 cm³/mol. The Bertz CT molecular complexity index is 1820. The highest BCUT2D eigenvalue weighted by atomic mass is 32.2. The number of aromatic nitrogens is 3. The number of sulfonamides is 1. The van der Waals surface area contributed by atoms with Gasteiger partial charge < -0.3 is 4.57 Å². The zero-order chi connectivity index (χ0) is 29.9. The lowest BCUT2D eigenvalue weighted by Gasteiger charge is -2.10. The highest BCUT2D eigenvalue weighted by molar-refractivity contribution is 7.92. The van der Waals surface area contributed by atoms with Crippen LogP contribution in [0.2, 0.25) is 0 Å². The molecule has 1 N–H and O–H groups in total. The lowest BCUT2D eigenvalue weighted by Crippen LogP contribution is -2.30. The van der Waals surface area contributed by atoms with Gasteiger partial charge >= 0.3 is 0 Å². The first-order chi connectivity index (χ1) is 20.2. The van der Waals surface area contributed by atoms with Gasteiger partial charge in [-0.1, -0.05) is 69.2 Å². The van der Waals surface area contributed by atoms with Crippen molar-refractivity contribution in [1.82, 2.24) is 19.3 Å². The maximum absolute atomic E-state index is 13.5. The van der Waals surface area contributed by atoms with Crippen LogP contribution in [0.15, 0.2) is 70.9 Å². The Morgan fingerprint density at radius 3 is 2.38 bits per heavy atom. The third-order valence-electron chi connectivity index (χ3n) is 7.31. The van der Waals surface area contributed by atoms with E-state index in [1.54, 1.807) is 30.3 Å². The summed E-state index contributed by atoms with van der Waals surface area (Å²) in [6.45, 7) is 8.91. The van der Waals surface area contributed by atoms with Crippen LogP contribution < -0.4 is 4.72 Å². The molecule has 0 aliphatic heterocycles. The topological polar surface area (TPSA) is 93.9 Å². The molecule has 2 aromatic carbocycles. The molecule has 218 valence electrons. The number of hydrogen-bond donors (Lipinski definition) is 1. The lowest BCUT2D eigenvalue weighted by molar-refractivity contribution is 0.0981. The summed E-state index contributed by atoms with van der Waals surface area (Å²) in [6.07, 6.45) is 4.73. The van der Waals surface area contributed by atoms with Crippen LogP contribution in [-0.4, -0.2) is 28.9 Å². The first-order valence-electron chi connectivity index (χ1n) is 14.4. The van der Waals surface area contributed by atoms with Gasteiger partial charge in [-0.15, -0.1) is 11.3 Å². The Kier molecular flexibility index (Phi) is 8.89. The van der Waals surface area contributed by atoms with E-state index in [-0.39, 0.29) is 4.21 Å². The van der Waals surface area contributed by atoms with Crippen LogP contribution in [0, 0.1) is 13.8 Å². The number of nitrogens with one attached hydrogen (secondary N) is 1. The number of thiophene rings is 1. The van der Waals surface area contributed by atoms with Crippen molar-refractivity contribution in [3.8, 4) is 11.1 Å². The number of amides is 1. The third-order valence-corrected chi connectivity index (χ3v) is 10.4. The van der Waals surface area contributed by atoms with Crippen LogP contribution in [0.5, 0.6) is 0 Å². The van der Waals surface area contributed by atoms with Crippen LogP contribution >= 0.6 is 11.3 Å². The highest BCUT2D eigenvalue weighted by Crippen LogP contribution is 2.36. The van der Waals surface area contributed by atoms with E-state index in [2.05, 4.69) is 36.1 Å². The zero-order valence-corrected chi connectivity index (χ0v) is 26.1. The van der Waals surface area contributed by atoms with E-state index in [1.165, 1.54) is 11.3 Å². The molecule has 5 rings (SSSR count). The monoisotopic (exact) mass is 600 g/mol. The van der Waals surface area contributed by atoms with Crippen molar-refractivity contribution in [2.24, 2.45) is 0 Å². The minimum atomic E-state index is -4.09. The highest BCUT2D eigenvalue weighted by Gasteiger charge is 2.26. The van der Waals surface area contributed by atoms with E-state index >= 15 is 0 Å². The van der Waals surface area contributed by atoms with E-state index in [0.29, 0.717) is 17.7 Å². The van der Waals surface area contributed by atoms with Gasteiger partial charge in [0.2, 0.25) is 0 Å². The Morgan fingerprint density at radius 2 is 1.69 bits per heavy atom. The van der Waals surface area contributed by atoms with Gasteiger partial charge in [0, 0.05) is 28.1 Å². The average molecular weight is 601 g/mol. The quantitative estimate of drug-likeness (QED) is 0.161. The summed E-state index contributed by atoms with van der Waals surface area (Å²) in [5, 5.41) is 0. The summed E-state index contributed by atoms with van der Waals surface area (Å²) >= 11 is 1.24. The van der Waals surface area contributed by atoms with Gasteiger partial charge in [0.15, 0.2) is 5.65 Å². The summed E-state index contributed by atoms with van der Waals surface area (Å²) in [4.78, 5) is 23.4. The van der Waals surface area contributed by atoms with Crippen LogP contribution in [-0.2, 0) is 29.4 Å². The van der Waals surface area contributed by atoms with E-state index in [4.69, 9.17) is 9.97 Å². The number of benzene rings is 2. The van der Waals surface area contributed by atoms with Crippen molar-refractivity contribution < 1.29 is 13.2 Å². The first kappa shape index (κ1) is 29.7. The van der Waals surface area contributed by atoms with Gasteiger partial charge in [-0.25, -0.2) is 23.1 Å². The third kappa shape index (κ3) is 6.32. The zero-order valence-electron chi connectivity index (χ0n) is 24.5. The lowest BCUT2D eigenvalue weighted by atomic mass is 10.1. The second-order valence-electron chi connectivity index (χ2n) is 10.6. The van der Waals surface area contributed by atoms with Crippen molar-refractivity contribution in [2.75, 3.05) is 0 Å². The number of rotatable bonds is 11. The van der Waals surface area contributed by atoms with Gasteiger partial charge in [-0.3, -0.25) is 4.79 Å². The first-order valence-corrected chi connectivity index (χ1v) is 16.7. The molecule has 0 saturated heterocycles. The molecular formula is C33H36N4O3S2. The molecule has 0 radical (unpaired) electrons. The van der Waals surface area contributed by atoms with Crippen LogP contribution in [0.25, 0.3) is 22.3 Å². The molecule has 7 nitrogen and oxygen atoms in total. The minimum absolute atomic E-state index is 0.162. The maximum atomic E-state index is 13.5. The molecular weight excluding hydrogens is 565 g/mol. The van der Waals surface area contributed by atoms with Crippen molar-refractivity contribution in [3.05, 3.63) is 99.8 Å². The molecule has 0 saturated carbocycles. The number of carbonyl (C=O) groups is 1. The van der Waals surface area contributed by atoms with Crippen LogP contribution in [0.4, 0.5) is 0 Å². The molecule has 0 fully saturated rings. The summed E-state index contributed by atoms with van der Waals surface area (Å²) in [5.41, 5.74) is 6.64. The second kappa shape index (κ2) is 12.6. The van der Waals surface area contributed by atoms with E-state index in [1.807, 2.05) is 37.3 Å². The fraction of sp³-hybridized carbons (Fsp3) is 0.303. The molecule has 0 unspecified atom stereocenters. The molecule has 0 bridgehead atoms. The standard InChI is InChI=1S/C33H36N4O3S2/c1-5-7-9-14-27-20-28(33(41-27)42(39,40)36-32(38)26-12-10-8-11-13-26)25-17-15-24(16-18-25)21-37-29(6-2)35-30-22(3)19-23(4)34-31(30)37/h8,10-13,15-20H,5-7,9,14,21H2,1-4H3,(H,36,38). The molecule has 0 aliphatic carbocycles. The van der Waals surface area contributed by atoms with Gasteiger partial charge in [0.1, 0.15) is 15.6 Å². The largest absolute Gasteiger partial charge is 0.308 e. The van der Waals surface area contributed by atoms with Gasteiger partial charge in [-0.05, 0) is 67.6 Å². The number of unbranched alkanes of at least 4 members (excludes halogenated alkanes) is 2. The summed E-state index contributed by atoms with van der Waals surface area (Å²) in [6, 6.07) is 20.4. The molecule has 0 atom stereocenters. The smallest absolute Gasteiger partial charge is 0.274 e. The molecule has 42 heavy (non-hydrogen) atoms. The number of imidazole rings is 1. The van der Waals surface area contributed by atoms with Crippen molar-refractivity contribution >= 4 is 38.4 Å². The fourth-order valence-electron chi connectivity index (χ4n) is 5.17. The predicted octanol–water partition coefficient (Wildman–Crippen LogP) is 7.24. The second-order valence-corrected chi connectivity index (χ2v) is 13.6. The molecule has 3 heterocycles. The minimum Gasteiger partial charge on any atom is -0.308 e. The Labute approximate surface area is 251 Å². The van der Waals surface area contributed by atoms with Crippen molar-refractivity contribution in [3.63, 3.8) is 0 Å². The number of hydrogen-bond acceptors (Lipinski definition) is 6. The number of carbonyl (C=O) groups excluding carboxylic acids is 1. The van der Waals surface area contributed by atoms with Crippen LogP contribution in [0.1, 0.15) is 71.0 Å². The number of pyridine rings is 1. The summed E-state index contributed by atoms with van der Waals surface area (Å²) in [5.74, 6) is 0.337. The number of fused-ring (bicyclic) bond motifs is 1. The maximum Gasteiger partial charge on any atom is 0.274 e. The van der Waals surface area contributed by atoms with E-state index < -0.39 is 15.9 Å². The Balaban J connectivity index is 1.47. The van der Waals surface area contributed by atoms with Gasteiger partial charge in [0.05, 0.1) is 6.54 Å². The SMILES string of the molecule is CCCCCc1cc(-c2ccc(Cn3c(CC)nc4c(C)cc(C)nc43)cc2)c(S(=O)(=O)NC(=O)c2ccccc2)s1. The summed E-state index contributed by atoms with van der Waals surface area (Å²) < 4.78 is 31.7. The fourth-order valence-corrected chi connectivity index (χ4v) is 7.92. The molecule has 3 aromatic heterocycles. The number of nitrogens with zero attached hydrogens (tertiary/aromatic N) is 3. The molecule has 0 aliphatic rings. The Morgan fingerprint density at radius 1 is 0.952 bits per heavy atom. The van der Waals surface area contributed by atoms with Crippen molar-refractivity contribution in [1.29, 1.82) is 0 Å². The molecule has 0 spiro atoms. The van der Waals surface area contributed by atoms with Gasteiger partial charge in [-0.2, -0.15) is 0 Å². The molecule has 9 heteroatoms. The summed E-state index contributed by atoms with van der Waals surface area (Å²) in [7, 11) is -4.09. The van der Waals surface area contributed by atoms with Crippen LogP contribution in [0.3, 0.4) is 0 Å². The molecule has 1 amide bonds. The normalized spacial score (nSPS) is 11.7.